The van der Waals surface area contributed by atoms with Gasteiger partial charge >= 0.3 is 5.69 Å². The lowest BCUT2D eigenvalue weighted by atomic mass is 10.6. The molecule has 6 heteroatoms. The Kier molecular flexibility index (Phi) is 2.32. The molecule has 0 aliphatic carbocycles. The van der Waals surface area contributed by atoms with E-state index in [1.165, 1.54) is 4.57 Å². The fourth-order valence-corrected chi connectivity index (χ4v) is 1.09. The predicted molar refractivity (Wildman–Crippen MR) is 47.0 cm³/mol. The van der Waals surface area contributed by atoms with Gasteiger partial charge in [-0.2, -0.15) is 0 Å². The van der Waals surface area contributed by atoms with Gasteiger partial charge in [0.1, 0.15) is 0 Å². The van der Waals surface area contributed by atoms with Gasteiger partial charge in [-0.3, -0.25) is 14.3 Å². The Hall–Kier alpha value is -0.790. The van der Waals surface area contributed by atoms with E-state index in [2.05, 4.69) is 0 Å². The van der Waals surface area contributed by atoms with Crippen molar-refractivity contribution in [3.05, 3.63) is 27.0 Å². The third kappa shape index (κ3) is 1.62. The monoisotopic (exact) mass is 268 g/mol. The molecule has 2 N–H and O–H groups in total. The first-order valence-electron chi connectivity index (χ1n) is 2.74. The molecule has 1 aromatic heterocycles. The van der Waals surface area contributed by atoms with Gasteiger partial charge in [-0.25, -0.2) is 4.79 Å². The highest BCUT2D eigenvalue weighted by atomic mass is 127. The minimum Gasteiger partial charge on any atom is -0.502 e. The number of halogens is 1. The summed E-state index contributed by atoms with van der Waals surface area (Å²) in [5.74, 6) is -0.443. The maximum atomic E-state index is 10.8. The van der Waals surface area contributed by atoms with E-state index in [9.17, 15) is 9.59 Å². The lowest BCUT2D eigenvalue weighted by Gasteiger charge is -1.97. The molecule has 0 bridgehead atoms. The average Bonchev–Trinajstić information content (AvgIpc) is 1.97. The lowest BCUT2D eigenvalue weighted by molar-refractivity contribution is 0.456. The standard InChI is InChI=1S/C5H5IN2O3/c6-2-8-1-3(9)4(10)7-5(8)11/h1,9H,2H2,(H,7,10,11). The largest absolute Gasteiger partial charge is 0.502 e. The average molecular weight is 268 g/mol. The molecule has 1 heterocycles. The van der Waals surface area contributed by atoms with Gasteiger partial charge in [-0.05, 0) is 0 Å². The van der Waals surface area contributed by atoms with Gasteiger partial charge < -0.3 is 5.11 Å². The summed E-state index contributed by atoms with van der Waals surface area (Å²) in [6.45, 7) is 0. The molecule has 0 radical (unpaired) electrons. The van der Waals surface area contributed by atoms with E-state index in [0.29, 0.717) is 4.55 Å². The fourth-order valence-electron chi connectivity index (χ4n) is 0.587. The summed E-state index contributed by atoms with van der Waals surface area (Å²) in [5, 5.41) is 8.85. The van der Waals surface area contributed by atoms with Crippen molar-refractivity contribution in [1.29, 1.82) is 0 Å². The summed E-state index contributed by atoms with van der Waals surface area (Å²) in [6, 6.07) is 0. The Morgan fingerprint density at radius 1 is 1.64 bits per heavy atom. The molecule has 0 saturated carbocycles. The SMILES string of the molecule is O=c1[nH]c(=O)n(CI)cc1O. The predicted octanol–water partition coefficient (Wildman–Crippen LogP) is -0.365. The van der Waals surface area contributed by atoms with Crippen molar-refractivity contribution in [2.24, 2.45) is 0 Å². The van der Waals surface area contributed by atoms with Crippen molar-refractivity contribution in [1.82, 2.24) is 9.55 Å². The van der Waals surface area contributed by atoms with Crippen molar-refractivity contribution < 1.29 is 5.11 Å². The van der Waals surface area contributed by atoms with Crippen molar-refractivity contribution in [2.45, 2.75) is 4.55 Å². The number of hydrogen-bond donors (Lipinski definition) is 2. The van der Waals surface area contributed by atoms with Crippen molar-refractivity contribution >= 4 is 22.6 Å². The van der Waals surface area contributed by atoms with Crippen LogP contribution in [0.5, 0.6) is 5.75 Å². The van der Waals surface area contributed by atoms with Crippen LogP contribution in [0.3, 0.4) is 0 Å². The summed E-state index contributed by atoms with van der Waals surface area (Å²) in [5.41, 5.74) is -1.27. The first kappa shape index (κ1) is 8.31. The van der Waals surface area contributed by atoms with E-state index >= 15 is 0 Å². The third-order valence-corrected chi connectivity index (χ3v) is 1.86. The van der Waals surface area contributed by atoms with Gasteiger partial charge in [0.25, 0.3) is 5.56 Å². The molecule has 0 aliphatic heterocycles. The van der Waals surface area contributed by atoms with Crippen LogP contribution in [0.4, 0.5) is 0 Å². The molecule has 5 nitrogen and oxygen atoms in total. The van der Waals surface area contributed by atoms with Gasteiger partial charge in [0.15, 0.2) is 5.75 Å². The second-order valence-electron chi connectivity index (χ2n) is 1.86. The van der Waals surface area contributed by atoms with E-state index in [4.69, 9.17) is 5.11 Å². The van der Waals surface area contributed by atoms with Crippen LogP contribution < -0.4 is 11.2 Å². The first-order valence-corrected chi connectivity index (χ1v) is 4.26. The minimum absolute atomic E-state index is 0.390. The maximum Gasteiger partial charge on any atom is 0.329 e. The highest BCUT2D eigenvalue weighted by molar-refractivity contribution is 14.1. The Balaban J connectivity index is 3.45. The van der Waals surface area contributed by atoms with E-state index in [1.807, 2.05) is 27.6 Å². The van der Waals surface area contributed by atoms with Crippen molar-refractivity contribution in [3.8, 4) is 5.75 Å². The number of nitrogens with zero attached hydrogens (tertiary/aromatic N) is 1. The Bertz CT molecular complexity index is 367. The molecule has 0 aliphatic rings. The summed E-state index contributed by atoms with van der Waals surface area (Å²) in [7, 11) is 0. The number of hydrogen-bond acceptors (Lipinski definition) is 3. The quantitative estimate of drug-likeness (QED) is 0.539. The normalized spacial score (nSPS) is 9.91. The Morgan fingerprint density at radius 3 is 2.82 bits per heavy atom. The molecule has 0 amide bonds. The van der Waals surface area contributed by atoms with Crippen LogP contribution in [0.15, 0.2) is 15.8 Å². The summed E-state index contributed by atoms with van der Waals surface area (Å²) in [4.78, 5) is 23.4. The van der Waals surface area contributed by atoms with Crippen molar-refractivity contribution in [2.75, 3.05) is 0 Å². The lowest BCUT2D eigenvalue weighted by Crippen LogP contribution is -2.27. The first-order chi connectivity index (χ1) is 5.15. The van der Waals surface area contributed by atoms with Crippen LogP contribution in [0.2, 0.25) is 0 Å². The van der Waals surface area contributed by atoms with Crippen LogP contribution in [0.1, 0.15) is 0 Å². The van der Waals surface area contributed by atoms with Gasteiger partial charge in [0.05, 0.1) is 10.7 Å². The summed E-state index contributed by atoms with van der Waals surface area (Å²) >= 11 is 1.94. The molecule has 11 heavy (non-hydrogen) atoms. The molecule has 0 unspecified atom stereocenters. The highest BCUT2D eigenvalue weighted by Crippen LogP contribution is 1.95. The third-order valence-electron chi connectivity index (χ3n) is 1.12. The zero-order valence-electron chi connectivity index (χ0n) is 5.37. The number of nitrogens with one attached hydrogen (secondary N) is 1. The maximum absolute atomic E-state index is 10.8. The number of aromatic amines is 1. The van der Waals surface area contributed by atoms with E-state index in [1.54, 1.807) is 0 Å². The molecule has 0 atom stereocenters. The molecule has 0 saturated heterocycles. The van der Waals surface area contributed by atoms with Crippen LogP contribution in [-0.2, 0) is 4.55 Å². The van der Waals surface area contributed by atoms with E-state index in [0.717, 1.165) is 6.20 Å². The molecule has 1 rings (SSSR count). The molecule has 60 valence electrons. The smallest absolute Gasteiger partial charge is 0.329 e. The van der Waals surface area contributed by atoms with Gasteiger partial charge in [-0.1, -0.05) is 22.6 Å². The van der Waals surface area contributed by atoms with E-state index in [-0.39, 0.29) is 0 Å². The molecule has 1 aromatic rings. The number of alkyl halides is 1. The van der Waals surface area contributed by atoms with Crippen LogP contribution in [0.25, 0.3) is 0 Å². The number of rotatable bonds is 1. The molecular formula is C5H5IN2O3. The van der Waals surface area contributed by atoms with Crippen molar-refractivity contribution in [3.63, 3.8) is 0 Å². The second kappa shape index (κ2) is 3.07. The summed E-state index contributed by atoms with van der Waals surface area (Å²) < 4.78 is 1.58. The fraction of sp³-hybridized carbons (Fsp3) is 0.200. The highest BCUT2D eigenvalue weighted by Gasteiger charge is 1.99. The molecular weight excluding hydrogens is 263 g/mol. The summed E-state index contributed by atoms with van der Waals surface area (Å²) in [6.07, 6.45) is 1.10. The minimum atomic E-state index is -0.754. The molecule has 0 fully saturated rings. The van der Waals surface area contributed by atoms with Crippen LogP contribution in [0, 0.1) is 0 Å². The number of H-pyrrole nitrogens is 1. The molecule has 0 aromatic carbocycles. The number of aromatic hydroxyl groups is 1. The second-order valence-corrected chi connectivity index (χ2v) is 2.55. The topological polar surface area (TPSA) is 75.1 Å². The molecule has 0 spiro atoms. The zero-order valence-corrected chi connectivity index (χ0v) is 7.53. The number of aromatic nitrogens is 2. The zero-order chi connectivity index (χ0) is 8.43. The van der Waals surface area contributed by atoms with Gasteiger partial charge in [-0.15, -0.1) is 0 Å². The van der Waals surface area contributed by atoms with Gasteiger partial charge in [0.2, 0.25) is 0 Å². The Labute approximate surface area is 74.8 Å². The van der Waals surface area contributed by atoms with Crippen LogP contribution in [-0.4, -0.2) is 14.7 Å². The Morgan fingerprint density at radius 2 is 2.27 bits per heavy atom. The van der Waals surface area contributed by atoms with E-state index < -0.39 is 17.0 Å². The van der Waals surface area contributed by atoms with Crippen LogP contribution >= 0.6 is 22.6 Å². The van der Waals surface area contributed by atoms with Gasteiger partial charge in [0, 0.05) is 0 Å².